The van der Waals surface area contributed by atoms with Crippen molar-refractivity contribution in [2.24, 2.45) is 0 Å². The van der Waals surface area contributed by atoms with Crippen LogP contribution in [0.3, 0.4) is 0 Å². The van der Waals surface area contributed by atoms with Crippen LogP contribution in [0, 0.1) is 0 Å². The van der Waals surface area contributed by atoms with Gasteiger partial charge in [0.2, 0.25) is 5.91 Å². The minimum absolute atomic E-state index is 0. The fourth-order valence-electron chi connectivity index (χ4n) is 3.11. The van der Waals surface area contributed by atoms with E-state index in [9.17, 15) is 4.79 Å². The number of halogens is 2. The fraction of sp³-hybridized carbons (Fsp3) is 0.316. The van der Waals surface area contributed by atoms with Crippen molar-refractivity contribution in [3.63, 3.8) is 0 Å². The van der Waals surface area contributed by atoms with Crippen LogP contribution in [0.15, 0.2) is 48.5 Å². The SMILES string of the molecule is COc1ccccc1NC(=O)CN1CCNCC1c1ccccc1Cl.Cl. The van der Waals surface area contributed by atoms with E-state index in [4.69, 9.17) is 16.3 Å². The van der Waals surface area contributed by atoms with Crippen LogP contribution >= 0.6 is 24.0 Å². The molecule has 1 unspecified atom stereocenters. The van der Waals surface area contributed by atoms with E-state index in [1.165, 1.54) is 0 Å². The van der Waals surface area contributed by atoms with Gasteiger partial charge in [-0.2, -0.15) is 0 Å². The molecule has 1 saturated heterocycles. The van der Waals surface area contributed by atoms with E-state index in [1.54, 1.807) is 7.11 Å². The molecule has 0 bridgehead atoms. The van der Waals surface area contributed by atoms with Crippen molar-refractivity contribution in [2.75, 3.05) is 38.6 Å². The summed E-state index contributed by atoms with van der Waals surface area (Å²) in [6.07, 6.45) is 0. The molecule has 0 aromatic heterocycles. The second kappa shape index (κ2) is 9.78. The maximum atomic E-state index is 12.5. The second-order valence-corrected chi connectivity index (χ2v) is 6.37. The standard InChI is InChI=1S/C19H22ClN3O2.ClH/c1-25-18-9-5-4-8-16(18)22-19(24)13-23-11-10-21-12-17(23)14-6-2-3-7-15(14)20;/h2-9,17,21H,10-13H2,1H3,(H,22,24);1H. The van der Waals surface area contributed by atoms with Gasteiger partial charge in [-0.15, -0.1) is 12.4 Å². The Hall–Kier alpha value is -1.79. The topological polar surface area (TPSA) is 53.6 Å². The van der Waals surface area contributed by atoms with E-state index in [0.717, 1.165) is 30.2 Å². The van der Waals surface area contributed by atoms with Crippen molar-refractivity contribution in [3.05, 3.63) is 59.1 Å². The van der Waals surface area contributed by atoms with Gasteiger partial charge >= 0.3 is 0 Å². The Morgan fingerprint density at radius 3 is 2.77 bits per heavy atom. The number of carbonyl (C=O) groups is 1. The van der Waals surface area contributed by atoms with Gasteiger partial charge in [0.25, 0.3) is 0 Å². The normalized spacial score (nSPS) is 17.2. The smallest absolute Gasteiger partial charge is 0.238 e. The fourth-order valence-corrected chi connectivity index (χ4v) is 3.37. The number of hydrogen-bond acceptors (Lipinski definition) is 4. The number of rotatable bonds is 5. The summed E-state index contributed by atoms with van der Waals surface area (Å²) in [5.41, 5.74) is 1.72. The Balaban J connectivity index is 0.00000243. The summed E-state index contributed by atoms with van der Waals surface area (Å²) in [4.78, 5) is 14.7. The highest BCUT2D eigenvalue weighted by Crippen LogP contribution is 2.28. The molecule has 1 heterocycles. The van der Waals surface area contributed by atoms with Gasteiger partial charge in [-0.3, -0.25) is 9.69 Å². The molecule has 1 fully saturated rings. The zero-order valence-electron chi connectivity index (χ0n) is 14.6. The lowest BCUT2D eigenvalue weighted by Crippen LogP contribution is -2.48. The minimum Gasteiger partial charge on any atom is -0.495 e. The summed E-state index contributed by atoms with van der Waals surface area (Å²) in [6, 6.07) is 15.3. The number of nitrogens with one attached hydrogen (secondary N) is 2. The van der Waals surface area contributed by atoms with Crippen LogP contribution in [0.2, 0.25) is 5.02 Å². The number of benzene rings is 2. The van der Waals surface area contributed by atoms with Crippen molar-refractivity contribution >= 4 is 35.6 Å². The van der Waals surface area contributed by atoms with Gasteiger partial charge in [0.15, 0.2) is 0 Å². The van der Waals surface area contributed by atoms with Gasteiger partial charge in [-0.05, 0) is 23.8 Å². The molecule has 7 heteroatoms. The summed E-state index contributed by atoms with van der Waals surface area (Å²) in [7, 11) is 1.59. The van der Waals surface area contributed by atoms with E-state index in [-0.39, 0.29) is 24.4 Å². The molecule has 1 amide bonds. The summed E-state index contributed by atoms with van der Waals surface area (Å²) in [5.74, 6) is 0.585. The van der Waals surface area contributed by atoms with Crippen molar-refractivity contribution in [2.45, 2.75) is 6.04 Å². The second-order valence-electron chi connectivity index (χ2n) is 5.96. The third-order valence-electron chi connectivity index (χ3n) is 4.35. The Morgan fingerprint density at radius 1 is 1.27 bits per heavy atom. The molecule has 2 N–H and O–H groups in total. The molecule has 2 aromatic rings. The van der Waals surface area contributed by atoms with E-state index < -0.39 is 0 Å². The highest BCUT2D eigenvalue weighted by molar-refractivity contribution is 6.31. The number of amides is 1. The Labute approximate surface area is 165 Å². The van der Waals surface area contributed by atoms with Crippen LogP contribution in [-0.4, -0.2) is 44.1 Å². The first-order chi connectivity index (χ1) is 12.2. The Bertz CT molecular complexity index is 742. The number of piperazine rings is 1. The molecule has 0 aliphatic carbocycles. The predicted molar refractivity (Wildman–Crippen MR) is 108 cm³/mol. The summed E-state index contributed by atoms with van der Waals surface area (Å²) < 4.78 is 5.29. The molecule has 26 heavy (non-hydrogen) atoms. The molecule has 140 valence electrons. The molecule has 5 nitrogen and oxygen atoms in total. The summed E-state index contributed by atoms with van der Waals surface area (Å²) in [6.45, 7) is 2.71. The third kappa shape index (κ3) is 4.89. The Morgan fingerprint density at radius 2 is 2.00 bits per heavy atom. The van der Waals surface area contributed by atoms with Crippen LogP contribution in [0.5, 0.6) is 5.75 Å². The van der Waals surface area contributed by atoms with Crippen LogP contribution in [0.25, 0.3) is 0 Å². The van der Waals surface area contributed by atoms with Gasteiger partial charge in [-0.25, -0.2) is 0 Å². The number of methoxy groups -OCH3 is 1. The van der Waals surface area contributed by atoms with E-state index in [0.29, 0.717) is 18.0 Å². The van der Waals surface area contributed by atoms with Gasteiger partial charge < -0.3 is 15.4 Å². The molecular weight excluding hydrogens is 373 g/mol. The number of anilines is 1. The highest BCUT2D eigenvalue weighted by atomic mass is 35.5. The van der Waals surface area contributed by atoms with Gasteiger partial charge in [0.1, 0.15) is 5.75 Å². The third-order valence-corrected chi connectivity index (χ3v) is 4.69. The molecular formula is C19H23Cl2N3O2. The summed E-state index contributed by atoms with van der Waals surface area (Å²) >= 11 is 6.36. The van der Waals surface area contributed by atoms with Crippen molar-refractivity contribution < 1.29 is 9.53 Å². The number of hydrogen-bond donors (Lipinski definition) is 2. The molecule has 0 radical (unpaired) electrons. The minimum atomic E-state index is -0.0662. The van der Waals surface area contributed by atoms with Gasteiger partial charge in [-0.1, -0.05) is 41.9 Å². The molecule has 1 aliphatic heterocycles. The van der Waals surface area contributed by atoms with Gasteiger partial charge in [0, 0.05) is 30.7 Å². The first-order valence-electron chi connectivity index (χ1n) is 8.31. The monoisotopic (exact) mass is 395 g/mol. The quantitative estimate of drug-likeness (QED) is 0.814. The Kier molecular flexibility index (Phi) is 7.72. The molecule has 1 aliphatic rings. The summed E-state index contributed by atoms with van der Waals surface area (Å²) in [5, 5.41) is 7.04. The van der Waals surface area contributed by atoms with E-state index in [1.807, 2.05) is 48.5 Å². The van der Waals surface area contributed by atoms with Crippen LogP contribution in [0.4, 0.5) is 5.69 Å². The molecule has 2 aromatic carbocycles. The first-order valence-corrected chi connectivity index (χ1v) is 8.69. The first kappa shape index (κ1) is 20.5. The van der Waals surface area contributed by atoms with E-state index >= 15 is 0 Å². The molecule has 0 saturated carbocycles. The molecule has 3 rings (SSSR count). The van der Waals surface area contributed by atoms with Crippen LogP contribution in [0.1, 0.15) is 11.6 Å². The lowest BCUT2D eigenvalue weighted by Gasteiger charge is -2.36. The van der Waals surface area contributed by atoms with Crippen molar-refractivity contribution in [3.8, 4) is 5.75 Å². The predicted octanol–water partition coefficient (Wildman–Crippen LogP) is 3.36. The lowest BCUT2D eigenvalue weighted by molar-refractivity contribution is -0.118. The largest absolute Gasteiger partial charge is 0.495 e. The number of para-hydroxylation sites is 2. The molecule has 0 spiro atoms. The average Bonchev–Trinajstić information content (AvgIpc) is 2.63. The van der Waals surface area contributed by atoms with Crippen LogP contribution < -0.4 is 15.4 Å². The van der Waals surface area contributed by atoms with Crippen LogP contribution in [-0.2, 0) is 4.79 Å². The number of nitrogens with zero attached hydrogens (tertiary/aromatic N) is 1. The van der Waals surface area contributed by atoms with E-state index in [2.05, 4.69) is 15.5 Å². The highest BCUT2D eigenvalue weighted by Gasteiger charge is 2.27. The average molecular weight is 396 g/mol. The maximum Gasteiger partial charge on any atom is 0.238 e. The lowest BCUT2D eigenvalue weighted by atomic mass is 10.0. The zero-order valence-corrected chi connectivity index (χ0v) is 16.1. The zero-order chi connectivity index (χ0) is 17.6. The molecule has 1 atom stereocenters. The number of ether oxygens (including phenoxy) is 1. The maximum absolute atomic E-state index is 12.5. The van der Waals surface area contributed by atoms with Gasteiger partial charge in [0.05, 0.1) is 19.3 Å². The van der Waals surface area contributed by atoms with Crippen molar-refractivity contribution in [1.82, 2.24) is 10.2 Å². The number of carbonyl (C=O) groups excluding carboxylic acids is 1. The van der Waals surface area contributed by atoms with Crippen molar-refractivity contribution in [1.29, 1.82) is 0 Å².